The van der Waals surface area contributed by atoms with Gasteiger partial charge in [0, 0.05) is 23.6 Å². The van der Waals surface area contributed by atoms with Crippen LogP contribution in [0.25, 0.3) is 6.08 Å². The summed E-state index contributed by atoms with van der Waals surface area (Å²) in [6.45, 7) is 1.74. The highest BCUT2D eigenvalue weighted by Crippen LogP contribution is 2.31. The van der Waals surface area contributed by atoms with Gasteiger partial charge in [0.15, 0.2) is 5.11 Å². The third-order valence-electron chi connectivity index (χ3n) is 4.22. The first kappa shape index (κ1) is 22.7. The summed E-state index contributed by atoms with van der Waals surface area (Å²) in [5, 5.41) is 6.53. The molecule has 156 valence electrons. The largest absolute Gasteiger partial charge is 0.491 e. The van der Waals surface area contributed by atoms with Gasteiger partial charge in [0.2, 0.25) is 0 Å². The Bertz CT molecular complexity index is 983. The molecule has 2 aromatic carbocycles. The van der Waals surface area contributed by atoms with Crippen molar-refractivity contribution in [2.24, 2.45) is 0 Å². The SMILES string of the molecule is CN(CCOc1ccc(Br)cc1C=C1SC(=S)NC1=O)C(=S)NCc1ccccc1. The number of amides is 1. The molecule has 0 unspecified atom stereocenters. The number of thiocarbonyl (C=S) groups is 2. The van der Waals surface area contributed by atoms with Crippen molar-refractivity contribution >= 4 is 73.5 Å². The Morgan fingerprint density at radius 2 is 2.07 bits per heavy atom. The first-order chi connectivity index (χ1) is 14.4. The van der Waals surface area contributed by atoms with E-state index in [1.54, 1.807) is 6.08 Å². The Morgan fingerprint density at radius 1 is 1.30 bits per heavy atom. The second kappa shape index (κ2) is 10.9. The molecular weight excluding hydrogens is 502 g/mol. The molecule has 1 amide bonds. The molecule has 1 aliphatic rings. The lowest BCUT2D eigenvalue weighted by atomic mass is 10.2. The van der Waals surface area contributed by atoms with Crippen molar-refractivity contribution in [3.05, 3.63) is 69.0 Å². The molecule has 1 heterocycles. The average Bonchev–Trinajstić information content (AvgIpc) is 3.05. The number of likely N-dealkylation sites (N-methyl/N-ethyl adjacent to an activating group) is 1. The molecule has 0 atom stereocenters. The maximum atomic E-state index is 12.0. The smallest absolute Gasteiger partial charge is 0.263 e. The Kier molecular flexibility index (Phi) is 8.26. The summed E-state index contributed by atoms with van der Waals surface area (Å²) in [5.74, 6) is 0.499. The lowest BCUT2D eigenvalue weighted by molar-refractivity contribution is -0.115. The predicted molar refractivity (Wildman–Crippen MR) is 134 cm³/mol. The number of carbonyl (C=O) groups excluding carboxylic acids is 1. The van der Waals surface area contributed by atoms with Crippen LogP contribution in [-0.4, -0.2) is 40.4 Å². The lowest BCUT2D eigenvalue weighted by Gasteiger charge is -2.21. The van der Waals surface area contributed by atoms with Gasteiger partial charge in [-0.15, -0.1) is 0 Å². The number of nitrogens with one attached hydrogen (secondary N) is 2. The zero-order chi connectivity index (χ0) is 21.5. The molecule has 30 heavy (non-hydrogen) atoms. The molecule has 1 aliphatic heterocycles. The summed E-state index contributed by atoms with van der Waals surface area (Å²) in [5.41, 5.74) is 1.98. The molecule has 0 spiro atoms. The van der Waals surface area contributed by atoms with E-state index in [0.29, 0.717) is 39.8 Å². The van der Waals surface area contributed by atoms with Gasteiger partial charge in [0.05, 0.1) is 11.4 Å². The molecule has 1 fully saturated rings. The fourth-order valence-corrected chi connectivity index (χ4v) is 4.21. The van der Waals surface area contributed by atoms with E-state index in [4.69, 9.17) is 29.2 Å². The third kappa shape index (κ3) is 6.53. The standard InChI is InChI=1S/C21H20BrN3O2S3/c1-25(20(28)23-13-14-5-3-2-4-6-14)9-10-27-17-8-7-16(22)11-15(17)12-18-19(26)24-21(29)30-18/h2-8,11-12H,9-10,13H2,1H3,(H,23,28)(H,24,26,29). The van der Waals surface area contributed by atoms with Gasteiger partial charge in [0.1, 0.15) is 16.7 Å². The molecule has 5 nitrogen and oxygen atoms in total. The zero-order valence-corrected chi connectivity index (χ0v) is 20.2. The number of ether oxygens (including phenoxy) is 1. The monoisotopic (exact) mass is 521 g/mol. The van der Waals surface area contributed by atoms with Gasteiger partial charge in [-0.25, -0.2) is 0 Å². The Labute approximate surface area is 199 Å². The van der Waals surface area contributed by atoms with E-state index in [1.807, 2.05) is 48.3 Å². The average molecular weight is 523 g/mol. The Morgan fingerprint density at radius 3 is 2.77 bits per heavy atom. The third-order valence-corrected chi connectivity index (χ3v) is 6.33. The molecule has 2 N–H and O–H groups in total. The van der Waals surface area contributed by atoms with Crippen LogP contribution in [0.3, 0.4) is 0 Å². The summed E-state index contributed by atoms with van der Waals surface area (Å²) in [7, 11) is 1.93. The first-order valence-electron chi connectivity index (χ1n) is 9.12. The Hall–Kier alpha value is -1.94. The highest BCUT2D eigenvalue weighted by Gasteiger charge is 2.22. The van der Waals surface area contributed by atoms with Gasteiger partial charge < -0.3 is 20.3 Å². The van der Waals surface area contributed by atoms with Gasteiger partial charge in [0.25, 0.3) is 5.91 Å². The minimum atomic E-state index is -0.189. The van der Waals surface area contributed by atoms with Gasteiger partial charge in [-0.05, 0) is 42.1 Å². The molecule has 2 aromatic rings. The van der Waals surface area contributed by atoms with Crippen molar-refractivity contribution in [3.63, 3.8) is 0 Å². The molecule has 3 rings (SSSR count). The minimum absolute atomic E-state index is 0.189. The van der Waals surface area contributed by atoms with Gasteiger partial charge in [-0.2, -0.15) is 0 Å². The van der Waals surface area contributed by atoms with Crippen molar-refractivity contribution in [2.45, 2.75) is 6.54 Å². The second-order valence-electron chi connectivity index (χ2n) is 6.45. The number of carbonyl (C=O) groups is 1. The number of hydrogen-bond donors (Lipinski definition) is 2. The van der Waals surface area contributed by atoms with Crippen LogP contribution in [0.4, 0.5) is 0 Å². The van der Waals surface area contributed by atoms with E-state index >= 15 is 0 Å². The number of nitrogens with zero attached hydrogens (tertiary/aromatic N) is 1. The highest BCUT2D eigenvalue weighted by molar-refractivity contribution is 9.10. The van der Waals surface area contributed by atoms with Crippen molar-refractivity contribution < 1.29 is 9.53 Å². The zero-order valence-electron chi connectivity index (χ0n) is 16.2. The van der Waals surface area contributed by atoms with E-state index < -0.39 is 0 Å². The first-order valence-corrected chi connectivity index (χ1v) is 11.5. The predicted octanol–water partition coefficient (Wildman–Crippen LogP) is 4.32. The molecule has 0 saturated carbocycles. The van der Waals surface area contributed by atoms with Crippen molar-refractivity contribution in [1.82, 2.24) is 15.5 Å². The fourth-order valence-electron chi connectivity index (χ4n) is 2.63. The number of thioether (sulfide) groups is 1. The molecule has 1 saturated heterocycles. The Balaban J connectivity index is 1.55. The quantitative estimate of drug-likeness (QED) is 0.415. The summed E-state index contributed by atoms with van der Waals surface area (Å²) in [6, 6.07) is 15.8. The normalized spacial score (nSPS) is 14.5. The maximum Gasteiger partial charge on any atom is 0.263 e. The maximum absolute atomic E-state index is 12.0. The van der Waals surface area contributed by atoms with Crippen molar-refractivity contribution in [2.75, 3.05) is 20.2 Å². The fraction of sp³-hybridized carbons (Fsp3) is 0.190. The number of benzene rings is 2. The summed E-state index contributed by atoms with van der Waals surface area (Å²) in [6.07, 6.45) is 1.79. The van der Waals surface area contributed by atoms with E-state index in [2.05, 4.69) is 38.7 Å². The van der Waals surface area contributed by atoms with Crippen LogP contribution in [0, 0.1) is 0 Å². The molecule has 0 aromatic heterocycles. The summed E-state index contributed by atoms with van der Waals surface area (Å²) in [4.78, 5) is 14.4. The molecule has 0 bridgehead atoms. The summed E-state index contributed by atoms with van der Waals surface area (Å²) < 4.78 is 7.34. The van der Waals surface area contributed by atoms with Crippen LogP contribution < -0.4 is 15.4 Å². The van der Waals surface area contributed by atoms with Gasteiger partial charge in [-0.3, -0.25) is 4.79 Å². The van der Waals surface area contributed by atoms with Gasteiger partial charge in [-0.1, -0.05) is 70.2 Å². The second-order valence-corrected chi connectivity index (χ2v) is 9.47. The van der Waals surface area contributed by atoms with Crippen LogP contribution in [-0.2, 0) is 11.3 Å². The van der Waals surface area contributed by atoms with Crippen molar-refractivity contribution in [3.8, 4) is 5.75 Å². The minimum Gasteiger partial charge on any atom is -0.491 e. The molecule has 0 radical (unpaired) electrons. The number of halogens is 1. The highest BCUT2D eigenvalue weighted by atomic mass is 79.9. The van der Waals surface area contributed by atoms with Crippen LogP contribution in [0.1, 0.15) is 11.1 Å². The van der Waals surface area contributed by atoms with E-state index in [1.165, 1.54) is 17.3 Å². The van der Waals surface area contributed by atoms with E-state index in [-0.39, 0.29) is 5.91 Å². The van der Waals surface area contributed by atoms with Gasteiger partial charge >= 0.3 is 0 Å². The van der Waals surface area contributed by atoms with E-state index in [0.717, 1.165) is 10.0 Å². The molecule has 9 heteroatoms. The van der Waals surface area contributed by atoms with E-state index in [9.17, 15) is 4.79 Å². The molecule has 0 aliphatic carbocycles. The number of rotatable bonds is 7. The topological polar surface area (TPSA) is 53.6 Å². The number of hydrogen-bond acceptors (Lipinski definition) is 5. The van der Waals surface area contributed by atoms with Crippen LogP contribution in [0.5, 0.6) is 5.75 Å². The summed E-state index contributed by atoms with van der Waals surface area (Å²) >= 11 is 15.2. The van der Waals surface area contributed by atoms with Crippen molar-refractivity contribution in [1.29, 1.82) is 0 Å². The molecular formula is C21H20BrN3O2S3. The van der Waals surface area contributed by atoms with Crippen LogP contribution >= 0.6 is 52.1 Å². The lowest BCUT2D eigenvalue weighted by Crippen LogP contribution is -2.38. The van der Waals surface area contributed by atoms with Crippen LogP contribution in [0.2, 0.25) is 0 Å². The van der Waals surface area contributed by atoms with Crippen LogP contribution in [0.15, 0.2) is 57.9 Å².